The highest BCUT2D eigenvalue weighted by molar-refractivity contribution is 14.1. The molecule has 0 N–H and O–H groups in total. The van der Waals surface area contributed by atoms with Gasteiger partial charge in [0.05, 0.1) is 0 Å². The van der Waals surface area contributed by atoms with Crippen molar-refractivity contribution in [1.82, 2.24) is 0 Å². The number of halogens is 1. The first-order chi connectivity index (χ1) is 8.77. The summed E-state index contributed by atoms with van der Waals surface area (Å²) < 4.78 is 2.15. The van der Waals surface area contributed by atoms with Crippen LogP contribution in [-0.2, 0) is 0 Å². The number of hydrogen-bond donors (Lipinski definition) is 0. The molecule has 1 aromatic heterocycles. The standard InChI is InChI=1S/C15H9IOS/c16-13-7-3-1-6-11(13)15(17)12-9-18-14-8-4-2-5-10(12)14/h1-9H. The summed E-state index contributed by atoms with van der Waals surface area (Å²) in [6.45, 7) is 0. The van der Waals surface area contributed by atoms with Crippen molar-refractivity contribution in [3.8, 4) is 0 Å². The zero-order valence-corrected chi connectivity index (χ0v) is 12.4. The van der Waals surface area contributed by atoms with E-state index in [0.717, 1.165) is 24.8 Å². The second-order valence-corrected chi connectivity index (χ2v) is 6.03. The van der Waals surface area contributed by atoms with E-state index in [1.165, 1.54) is 0 Å². The van der Waals surface area contributed by atoms with Crippen molar-refractivity contribution in [3.63, 3.8) is 0 Å². The SMILES string of the molecule is O=C(c1ccccc1I)c1csc2ccccc12. The molecule has 18 heavy (non-hydrogen) atoms. The van der Waals surface area contributed by atoms with E-state index in [4.69, 9.17) is 0 Å². The first-order valence-electron chi connectivity index (χ1n) is 5.53. The largest absolute Gasteiger partial charge is 0.289 e. The van der Waals surface area contributed by atoms with Crippen molar-refractivity contribution in [3.05, 3.63) is 68.6 Å². The summed E-state index contributed by atoms with van der Waals surface area (Å²) in [5.74, 6) is 0.109. The summed E-state index contributed by atoms with van der Waals surface area (Å²) >= 11 is 3.83. The summed E-state index contributed by atoms with van der Waals surface area (Å²) in [5.41, 5.74) is 1.58. The van der Waals surface area contributed by atoms with Gasteiger partial charge in [-0.15, -0.1) is 11.3 Å². The molecule has 0 spiro atoms. The molecule has 88 valence electrons. The molecule has 0 fully saturated rings. The summed E-state index contributed by atoms with van der Waals surface area (Å²) in [7, 11) is 0. The number of ketones is 1. The Hall–Kier alpha value is -1.20. The lowest BCUT2D eigenvalue weighted by Crippen LogP contribution is -2.02. The monoisotopic (exact) mass is 364 g/mol. The Morgan fingerprint density at radius 1 is 0.944 bits per heavy atom. The molecule has 0 bridgehead atoms. The Morgan fingerprint density at radius 3 is 2.50 bits per heavy atom. The van der Waals surface area contributed by atoms with Gasteiger partial charge in [0.25, 0.3) is 0 Å². The second-order valence-electron chi connectivity index (χ2n) is 3.95. The quantitative estimate of drug-likeness (QED) is 0.474. The van der Waals surface area contributed by atoms with Crippen LogP contribution in [0.1, 0.15) is 15.9 Å². The van der Waals surface area contributed by atoms with E-state index in [2.05, 4.69) is 22.6 Å². The van der Waals surface area contributed by atoms with Crippen LogP contribution in [0.15, 0.2) is 53.9 Å². The molecule has 2 aromatic carbocycles. The molecule has 0 aliphatic heterocycles. The molecule has 0 aliphatic carbocycles. The van der Waals surface area contributed by atoms with Crippen LogP contribution in [0.3, 0.4) is 0 Å². The van der Waals surface area contributed by atoms with Crippen LogP contribution < -0.4 is 0 Å². The van der Waals surface area contributed by atoms with E-state index in [1.807, 2.05) is 53.9 Å². The number of hydrogen-bond acceptors (Lipinski definition) is 2. The van der Waals surface area contributed by atoms with Crippen LogP contribution in [0, 0.1) is 3.57 Å². The topological polar surface area (TPSA) is 17.1 Å². The highest BCUT2D eigenvalue weighted by Gasteiger charge is 2.15. The average molecular weight is 364 g/mol. The normalized spacial score (nSPS) is 10.7. The molecule has 0 unspecified atom stereocenters. The van der Waals surface area contributed by atoms with Gasteiger partial charge < -0.3 is 0 Å². The lowest BCUT2D eigenvalue weighted by Gasteiger charge is -2.02. The molecule has 0 atom stereocenters. The van der Waals surface area contributed by atoms with Gasteiger partial charge in [0.2, 0.25) is 0 Å². The molecule has 1 nitrogen and oxygen atoms in total. The van der Waals surface area contributed by atoms with E-state index >= 15 is 0 Å². The third kappa shape index (κ3) is 1.97. The van der Waals surface area contributed by atoms with E-state index in [9.17, 15) is 4.79 Å². The molecule has 3 heteroatoms. The fourth-order valence-corrected chi connectivity index (χ4v) is 3.52. The van der Waals surface area contributed by atoms with Gasteiger partial charge >= 0.3 is 0 Å². The van der Waals surface area contributed by atoms with E-state index in [-0.39, 0.29) is 5.78 Å². The highest BCUT2D eigenvalue weighted by atomic mass is 127. The van der Waals surface area contributed by atoms with Crippen LogP contribution in [0.2, 0.25) is 0 Å². The van der Waals surface area contributed by atoms with Crippen molar-refractivity contribution in [2.45, 2.75) is 0 Å². The maximum absolute atomic E-state index is 12.5. The minimum absolute atomic E-state index is 0.109. The molecule has 3 rings (SSSR count). The Bertz CT molecular complexity index is 730. The van der Waals surface area contributed by atoms with Gasteiger partial charge in [-0.25, -0.2) is 0 Å². The lowest BCUT2D eigenvalue weighted by atomic mass is 10.0. The van der Waals surface area contributed by atoms with Crippen LogP contribution in [0.5, 0.6) is 0 Å². The predicted molar refractivity (Wildman–Crippen MR) is 84.4 cm³/mol. The predicted octanol–water partition coefficient (Wildman–Crippen LogP) is 4.74. The van der Waals surface area contributed by atoms with Crippen molar-refractivity contribution < 1.29 is 4.79 Å². The number of thiophene rings is 1. The van der Waals surface area contributed by atoms with Crippen molar-refractivity contribution in [2.75, 3.05) is 0 Å². The Balaban J connectivity index is 2.16. The minimum Gasteiger partial charge on any atom is -0.289 e. The van der Waals surface area contributed by atoms with Gasteiger partial charge in [0.1, 0.15) is 0 Å². The van der Waals surface area contributed by atoms with E-state index in [1.54, 1.807) is 11.3 Å². The van der Waals surface area contributed by atoms with Gasteiger partial charge in [-0.1, -0.05) is 30.3 Å². The molecule has 0 amide bonds. The number of fused-ring (bicyclic) bond motifs is 1. The number of benzene rings is 2. The molecule has 0 saturated carbocycles. The molecule has 0 saturated heterocycles. The molecule has 1 heterocycles. The van der Waals surface area contributed by atoms with Gasteiger partial charge in [-0.3, -0.25) is 4.79 Å². The molecule has 3 aromatic rings. The van der Waals surface area contributed by atoms with Crippen molar-refractivity contribution in [2.24, 2.45) is 0 Å². The van der Waals surface area contributed by atoms with Crippen LogP contribution >= 0.6 is 33.9 Å². The fraction of sp³-hybridized carbons (Fsp3) is 0. The summed E-state index contributed by atoms with van der Waals surface area (Å²) in [6, 6.07) is 15.7. The van der Waals surface area contributed by atoms with Gasteiger partial charge in [-0.2, -0.15) is 0 Å². The van der Waals surface area contributed by atoms with Gasteiger partial charge in [0.15, 0.2) is 5.78 Å². The first kappa shape index (κ1) is 11.9. The molecule has 0 aliphatic rings. The lowest BCUT2D eigenvalue weighted by molar-refractivity contribution is 0.104. The van der Waals surface area contributed by atoms with E-state index < -0.39 is 0 Å². The summed E-state index contributed by atoms with van der Waals surface area (Å²) in [5, 5.41) is 3.00. The Labute approximate surface area is 123 Å². The third-order valence-corrected chi connectivity index (χ3v) is 4.75. The Kier molecular flexibility index (Phi) is 3.18. The van der Waals surface area contributed by atoms with Crippen molar-refractivity contribution in [1.29, 1.82) is 0 Å². The fourth-order valence-electron chi connectivity index (χ4n) is 1.94. The molecular formula is C15H9IOS. The zero-order valence-electron chi connectivity index (χ0n) is 9.39. The number of rotatable bonds is 2. The van der Waals surface area contributed by atoms with Gasteiger partial charge in [-0.05, 0) is 40.8 Å². The van der Waals surface area contributed by atoms with Crippen LogP contribution in [-0.4, -0.2) is 5.78 Å². The molecule has 0 radical (unpaired) electrons. The average Bonchev–Trinajstić information content (AvgIpc) is 2.82. The van der Waals surface area contributed by atoms with Crippen LogP contribution in [0.4, 0.5) is 0 Å². The smallest absolute Gasteiger partial charge is 0.195 e. The maximum Gasteiger partial charge on any atom is 0.195 e. The second kappa shape index (κ2) is 4.82. The van der Waals surface area contributed by atoms with Crippen LogP contribution in [0.25, 0.3) is 10.1 Å². The number of carbonyl (C=O) groups excluding carboxylic acids is 1. The third-order valence-electron chi connectivity index (χ3n) is 2.84. The maximum atomic E-state index is 12.5. The molecular weight excluding hydrogens is 355 g/mol. The Morgan fingerprint density at radius 2 is 1.67 bits per heavy atom. The summed E-state index contributed by atoms with van der Waals surface area (Å²) in [6.07, 6.45) is 0. The highest BCUT2D eigenvalue weighted by Crippen LogP contribution is 2.28. The van der Waals surface area contributed by atoms with Crippen molar-refractivity contribution >= 4 is 49.8 Å². The van der Waals surface area contributed by atoms with E-state index in [0.29, 0.717) is 0 Å². The zero-order chi connectivity index (χ0) is 12.5. The first-order valence-corrected chi connectivity index (χ1v) is 7.48. The summed E-state index contributed by atoms with van der Waals surface area (Å²) in [4.78, 5) is 12.5. The minimum atomic E-state index is 0.109. The van der Waals surface area contributed by atoms with Gasteiger partial charge in [0, 0.05) is 30.2 Å². The number of carbonyl (C=O) groups is 1.